The number of benzene rings is 1. The van der Waals surface area contributed by atoms with E-state index in [4.69, 9.17) is 4.74 Å². The molecular weight excluding hydrogens is 283 g/mol. The fourth-order valence-electron chi connectivity index (χ4n) is 2.54. The molecule has 2 atom stereocenters. The Kier molecular flexibility index (Phi) is 4.43. The van der Waals surface area contributed by atoms with Crippen molar-refractivity contribution < 1.29 is 9.13 Å². The highest BCUT2D eigenvalue weighted by Gasteiger charge is 2.20. The number of hydrogen-bond acceptors (Lipinski definition) is 1. The van der Waals surface area contributed by atoms with Gasteiger partial charge in [0.15, 0.2) is 11.6 Å². The Hall–Kier alpha value is -0.570. The lowest BCUT2D eigenvalue weighted by molar-refractivity contribution is 0.385. The van der Waals surface area contributed by atoms with Crippen LogP contribution in [-0.4, -0.2) is 11.9 Å². The lowest BCUT2D eigenvalue weighted by Gasteiger charge is -2.17. The van der Waals surface area contributed by atoms with Crippen molar-refractivity contribution >= 4 is 15.9 Å². The van der Waals surface area contributed by atoms with Crippen LogP contribution < -0.4 is 4.74 Å². The van der Waals surface area contributed by atoms with Gasteiger partial charge in [0.05, 0.1) is 7.11 Å². The SMILES string of the molecule is COc1ccc(C2CCCCC(Br)C2)cc1F. The van der Waals surface area contributed by atoms with Crippen molar-refractivity contribution in [3.8, 4) is 5.75 Å². The molecule has 3 heteroatoms. The Labute approximate surface area is 110 Å². The van der Waals surface area contributed by atoms with Gasteiger partial charge >= 0.3 is 0 Å². The summed E-state index contributed by atoms with van der Waals surface area (Å²) in [5.41, 5.74) is 1.11. The summed E-state index contributed by atoms with van der Waals surface area (Å²) in [4.78, 5) is 0.570. The molecular formula is C14H18BrFO. The normalized spacial score (nSPS) is 25.4. The summed E-state index contributed by atoms with van der Waals surface area (Å²) in [5, 5.41) is 0. The molecule has 1 saturated carbocycles. The number of methoxy groups -OCH3 is 1. The van der Waals surface area contributed by atoms with E-state index in [1.807, 2.05) is 6.07 Å². The molecule has 2 rings (SSSR count). The third-order valence-electron chi connectivity index (χ3n) is 3.51. The van der Waals surface area contributed by atoms with Crippen molar-refractivity contribution in [1.82, 2.24) is 0 Å². The zero-order chi connectivity index (χ0) is 12.3. The van der Waals surface area contributed by atoms with Gasteiger partial charge in [0.25, 0.3) is 0 Å². The highest BCUT2D eigenvalue weighted by Crippen LogP contribution is 2.35. The van der Waals surface area contributed by atoms with E-state index >= 15 is 0 Å². The Balaban J connectivity index is 2.17. The number of alkyl halides is 1. The van der Waals surface area contributed by atoms with E-state index in [2.05, 4.69) is 15.9 Å². The van der Waals surface area contributed by atoms with E-state index < -0.39 is 0 Å². The third-order valence-corrected chi connectivity index (χ3v) is 4.34. The molecule has 94 valence electrons. The molecule has 1 fully saturated rings. The zero-order valence-corrected chi connectivity index (χ0v) is 11.7. The number of hydrogen-bond donors (Lipinski definition) is 0. The van der Waals surface area contributed by atoms with Gasteiger partial charge in [-0.1, -0.05) is 34.8 Å². The van der Waals surface area contributed by atoms with Gasteiger partial charge in [-0.25, -0.2) is 4.39 Å². The van der Waals surface area contributed by atoms with Gasteiger partial charge < -0.3 is 4.74 Å². The molecule has 0 radical (unpaired) electrons. The monoisotopic (exact) mass is 300 g/mol. The van der Waals surface area contributed by atoms with Crippen LogP contribution in [0.4, 0.5) is 4.39 Å². The maximum Gasteiger partial charge on any atom is 0.165 e. The Morgan fingerprint density at radius 3 is 2.76 bits per heavy atom. The van der Waals surface area contributed by atoms with Gasteiger partial charge in [0.2, 0.25) is 0 Å². The molecule has 1 nitrogen and oxygen atoms in total. The van der Waals surface area contributed by atoms with Crippen LogP contribution in [0.15, 0.2) is 18.2 Å². The van der Waals surface area contributed by atoms with E-state index in [-0.39, 0.29) is 5.82 Å². The van der Waals surface area contributed by atoms with E-state index in [0.29, 0.717) is 16.5 Å². The summed E-state index contributed by atoms with van der Waals surface area (Å²) in [6, 6.07) is 5.37. The number of halogens is 2. The van der Waals surface area contributed by atoms with Crippen LogP contribution in [0, 0.1) is 5.82 Å². The highest BCUT2D eigenvalue weighted by molar-refractivity contribution is 9.09. The van der Waals surface area contributed by atoms with Gasteiger partial charge in [-0.2, -0.15) is 0 Å². The fourth-order valence-corrected chi connectivity index (χ4v) is 3.32. The molecule has 0 bridgehead atoms. The minimum absolute atomic E-state index is 0.250. The summed E-state index contributed by atoms with van der Waals surface area (Å²) in [7, 11) is 1.50. The van der Waals surface area contributed by atoms with E-state index in [0.717, 1.165) is 18.4 Å². The van der Waals surface area contributed by atoms with Gasteiger partial charge in [0.1, 0.15) is 0 Å². The summed E-state index contributed by atoms with van der Waals surface area (Å²) >= 11 is 3.70. The van der Waals surface area contributed by atoms with Crippen LogP contribution in [0.25, 0.3) is 0 Å². The molecule has 0 saturated heterocycles. The van der Waals surface area contributed by atoms with Gasteiger partial charge in [-0.3, -0.25) is 0 Å². The van der Waals surface area contributed by atoms with Crippen molar-refractivity contribution in [2.75, 3.05) is 7.11 Å². The number of rotatable bonds is 2. The second-order valence-electron chi connectivity index (χ2n) is 4.71. The molecule has 2 unspecified atom stereocenters. The Morgan fingerprint density at radius 1 is 1.29 bits per heavy atom. The molecule has 0 amide bonds. The maximum absolute atomic E-state index is 13.7. The van der Waals surface area contributed by atoms with E-state index in [1.54, 1.807) is 12.1 Å². The molecule has 17 heavy (non-hydrogen) atoms. The van der Waals surface area contributed by atoms with Crippen molar-refractivity contribution in [3.05, 3.63) is 29.6 Å². The largest absolute Gasteiger partial charge is 0.494 e. The standard InChI is InChI=1S/C14H18BrFO/c1-17-14-7-6-11(9-13(14)16)10-4-2-3-5-12(15)8-10/h6-7,9-10,12H,2-5,8H2,1H3. The van der Waals surface area contributed by atoms with E-state index in [9.17, 15) is 4.39 Å². The van der Waals surface area contributed by atoms with Crippen LogP contribution in [0.1, 0.15) is 43.6 Å². The first-order chi connectivity index (χ1) is 8.20. The number of ether oxygens (including phenoxy) is 1. The topological polar surface area (TPSA) is 9.23 Å². The summed E-state index contributed by atoms with van der Waals surface area (Å²) in [6.07, 6.45) is 6.00. The first-order valence-corrected chi connectivity index (χ1v) is 7.09. The summed E-state index contributed by atoms with van der Waals surface area (Å²) in [6.45, 7) is 0. The van der Waals surface area contributed by atoms with Crippen LogP contribution >= 0.6 is 15.9 Å². The molecule has 0 aromatic heterocycles. The maximum atomic E-state index is 13.7. The average Bonchev–Trinajstić information content (AvgIpc) is 2.54. The molecule has 0 heterocycles. The molecule has 1 aromatic rings. The fraction of sp³-hybridized carbons (Fsp3) is 0.571. The predicted molar refractivity (Wildman–Crippen MR) is 71.5 cm³/mol. The predicted octanol–water partition coefficient (Wildman–Crippen LogP) is 4.65. The van der Waals surface area contributed by atoms with Crippen molar-refractivity contribution in [2.45, 2.75) is 42.8 Å². The first-order valence-electron chi connectivity index (χ1n) is 6.18. The van der Waals surface area contributed by atoms with Crippen molar-refractivity contribution in [2.24, 2.45) is 0 Å². The molecule has 0 N–H and O–H groups in total. The third kappa shape index (κ3) is 3.21. The van der Waals surface area contributed by atoms with Crippen molar-refractivity contribution in [1.29, 1.82) is 0 Å². The minimum Gasteiger partial charge on any atom is -0.494 e. The molecule has 0 aliphatic heterocycles. The van der Waals surface area contributed by atoms with Crippen LogP contribution in [-0.2, 0) is 0 Å². The lowest BCUT2D eigenvalue weighted by Crippen LogP contribution is -2.04. The quantitative estimate of drug-likeness (QED) is 0.571. The smallest absolute Gasteiger partial charge is 0.165 e. The van der Waals surface area contributed by atoms with Crippen LogP contribution in [0.2, 0.25) is 0 Å². The first kappa shape index (κ1) is 12.9. The zero-order valence-electron chi connectivity index (χ0n) is 10.1. The van der Waals surface area contributed by atoms with Crippen LogP contribution in [0.5, 0.6) is 5.75 Å². The van der Waals surface area contributed by atoms with Crippen LogP contribution in [0.3, 0.4) is 0 Å². The average molecular weight is 301 g/mol. The second kappa shape index (κ2) is 5.85. The Morgan fingerprint density at radius 2 is 2.06 bits per heavy atom. The molecule has 1 aliphatic rings. The highest BCUT2D eigenvalue weighted by atomic mass is 79.9. The van der Waals surface area contributed by atoms with Gasteiger partial charge in [-0.05, 0) is 42.9 Å². The Bertz CT molecular complexity index is 380. The summed E-state index contributed by atoms with van der Waals surface area (Å²) < 4.78 is 18.6. The van der Waals surface area contributed by atoms with Gasteiger partial charge in [0, 0.05) is 4.83 Å². The van der Waals surface area contributed by atoms with Gasteiger partial charge in [-0.15, -0.1) is 0 Å². The van der Waals surface area contributed by atoms with Crippen molar-refractivity contribution in [3.63, 3.8) is 0 Å². The molecule has 1 aliphatic carbocycles. The lowest BCUT2D eigenvalue weighted by atomic mass is 9.92. The minimum atomic E-state index is -0.250. The second-order valence-corrected chi connectivity index (χ2v) is 6.00. The van der Waals surface area contributed by atoms with E-state index in [1.165, 1.54) is 26.4 Å². The molecule has 0 spiro atoms. The summed E-state index contributed by atoms with van der Waals surface area (Å²) in [5.74, 6) is 0.556. The molecule has 1 aromatic carbocycles.